The molecule has 0 aliphatic carbocycles. The Morgan fingerprint density at radius 3 is 2.06 bits per heavy atom. The summed E-state index contributed by atoms with van der Waals surface area (Å²) in [4.78, 5) is 26.0. The number of carbonyl (C=O) groups excluding carboxylic acids is 2. The number of amides is 1. The summed E-state index contributed by atoms with van der Waals surface area (Å²) in [5, 5.41) is 2.73. The zero-order valence-electron chi connectivity index (χ0n) is 16.5. The number of anilines is 1. The summed E-state index contributed by atoms with van der Waals surface area (Å²) < 4.78 is 10.4. The SMILES string of the molecule is COC(=O)c1c(NC(=O)COc2c(Cl)c(Cl)c(Cl)c(Cl)c2Cl)sc(C)c1-c1ccccc1. The predicted octanol–water partition coefficient (Wildman–Crippen LogP) is 7.79. The fourth-order valence-electron chi connectivity index (χ4n) is 2.89. The molecular formula is C21H14Cl5NO4S. The van der Waals surface area contributed by atoms with E-state index in [1.165, 1.54) is 18.4 Å². The Hall–Kier alpha value is -1.67. The number of thiophene rings is 1. The van der Waals surface area contributed by atoms with Crippen LogP contribution in [0.2, 0.25) is 25.1 Å². The van der Waals surface area contributed by atoms with E-state index in [0.717, 1.165) is 10.4 Å². The number of halogens is 5. The van der Waals surface area contributed by atoms with Crippen LogP contribution in [-0.4, -0.2) is 25.6 Å². The van der Waals surface area contributed by atoms with Crippen molar-refractivity contribution in [3.63, 3.8) is 0 Å². The van der Waals surface area contributed by atoms with Crippen molar-refractivity contribution in [1.29, 1.82) is 0 Å². The third-order valence-electron chi connectivity index (χ3n) is 4.31. The van der Waals surface area contributed by atoms with E-state index in [9.17, 15) is 9.59 Å². The van der Waals surface area contributed by atoms with Gasteiger partial charge in [0, 0.05) is 10.4 Å². The number of hydrogen-bond donors (Lipinski definition) is 1. The lowest BCUT2D eigenvalue weighted by atomic mass is 10.0. The number of ether oxygens (including phenoxy) is 2. The molecule has 11 heteroatoms. The number of hydrogen-bond acceptors (Lipinski definition) is 5. The summed E-state index contributed by atoms with van der Waals surface area (Å²) in [6, 6.07) is 9.32. The van der Waals surface area contributed by atoms with Crippen LogP contribution < -0.4 is 10.1 Å². The van der Waals surface area contributed by atoms with Crippen LogP contribution in [0.5, 0.6) is 5.75 Å². The smallest absolute Gasteiger partial charge is 0.341 e. The molecule has 168 valence electrons. The molecule has 0 aliphatic heterocycles. The molecule has 0 aliphatic rings. The van der Waals surface area contributed by atoms with E-state index in [1.54, 1.807) is 0 Å². The second-order valence-corrected chi connectivity index (χ2v) is 9.45. The molecule has 3 rings (SSSR count). The average Bonchev–Trinajstić information content (AvgIpc) is 3.11. The highest BCUT2D eigenvalue weighted by Gasteiger charge is 2.26. The molecule has 0 unspecified atom stereocenters. The molecule has 0 saturated heterocycles. The Morgan fingerprint density at radius 2 is 1.50 bits per heavy atom. The maximum absolute atomic E-state index is 12.6. The van der Waals surface area contributed by atoms with Gasteiger partial charge in [-0.1, -0.05) is 88.3 Å². The average molecular weight is 554 g/mol. The van der Waals surface area contributed by atoms with Gasteiger partial charge < -0.3 is 14.8 Å². The normalized spacial score (nSPS) is 10.7. The number of nitrogens with one attached hydrogen (secondary N) is 1. The number of methoxy groups -OCH3 is 1. The number of rotatable bonds is 6. The van der Waals surface area contributed by atoms with Crippen molar-refractivity contribution in [3.05, 3.63) is 65.9 Å². The van der Waals surface area contributed by atoms with E-state index >= 15 is 0 Å². The van der Waals surface area contributed by atoms with Gasteiger partial charge in [0.2, 0.25) is 0 Å². The van der Waals surface area contributed by atoms with Crippen molar-refractivity contribution in [3.8, 4) is 16.9 Å². The maximum atomic E-state index is 12.6. The van der Waals surface area contributed by atoms with E-state index in [2.05, 4.69) is 5.32 Å². The first-order chi connectivity index (χ1) is 15.2. The van der Waals surface area contributed by atoms with Crippen LogP contribution in [0.4, 0.5) is 5.00 Å². The number of carbonyl (C=O) groups is 2. The Bertz CT molecular complexity index is 1170. The minimum absolute atomic E-state index is 0.0228. The number of aryl methyl sites for hydroxylation is 1. The number of esters is 1. The maximum Gasteiger partial charge on any atom is 0.341 e. The second kappa shape index (κ2) is 10.5. The monoisotopic (exact) mass is 551 g/mol. The Balaban J connectivity index is 1.87. The lowest BCUT2D eigenvalue weighted by molar-refractivity contribution is -0.118. The molecule has 1 amide bonds. The Labute approximate surface area is 213 Å². The van der Waals surface area contributed by atoms with Gasteiger partial charge >= 0.3 is 5.97 Å². The molecule has 0 saturated carbocycles. The van der Waals surface area contributed by atoms with E-state index in [4.69, 9.17) is 67.5 Å². The topological polar surface area (TPSA) is 64.6 Å². The van der Waals surface area contributed by atoms with Gasteiger partial charge in [-0.15, -0.1) is 11.3 Å². The molecule has 0 bridgehead atoms. The van der Waals surface area contributed by atoms with Gasteiger partial charge in [-0.05, 0) is 12.5 Å². The van der Waals surface area contributed by atoms with Gasteiger partial charge in [-0.25, -0.2) is 4.79 Å². The lowest BCUT2D eigenvalue weighted by Crippen LogP contribution is -2.21. The van der Waals surface area contributed by atoms with Crippen molar-refractivity contribution in [1.82, 2.24) is 0 Å². The molecule has 0 spiro atoms. The molecule has 5 nitrogen and oxygen atoms in total. The van der Waals surface area contributed by atoms with Crippen LogP contribution in [0.1, 0.15) is 15.2 Å². The van der Waals surface area contributed by atoms with Gasteiger partial charge in [0.25, 0.3) is 5.91 Å². The zero-order chi connectivity index (χ0) is 23.6. The fraction of sp³-hybridized carbons (Fsp3) is 0.143. The number of benzene rings is 2. The third-order valence-corrected chi connectivity index (χ3v) is 7.57. The molecule has 1 aromatic heterocycles. The molecule has 2 aromatic carbocycles. The molecule has 1 N–H and O–H groups in total. The second-order valence-electron chi connectivity index (χ2n) is 6.33. The molecule has 3 aromatic rings. The van der Waals surface area contributed by atoms with E-state index in [1.807, 2.05) is 37.3 Å². The summed E-state index contributed by atoms with van der Waals surface area (Å²) in [5.41, 5.74) is 1.76. The van der Waals surface area contributed by atoms with Crippen LogP contribution >= 0.6 is 69.3 Å². The largest absolute Gasteiger partial charge is 0.481 e. The minimum Gasteiger partial charge on any atom is -0.481 e. The molecule has 32 heavy (non-hydrogen) atoms. The van der Waals surface area contributed by atoms with Gasteiger partial charge in [0.15, 0.2) is 12.4 Å². The predicted molar refractivity (Wildman–Crippen MR) is 131 cm³/mol. The molecule has 0 radical (unpaired) electrons. The van der Waals surface area contributed by atoms with Crippen LogP contribution in [0.25, 0.3) is 11.1 Å². The highest BCUT2D eigenvalue weighted by Crippen LogP contribution is 2.48. The summed E-state index contributed by atoms with van der Waals surface area (Å²) >= 11 is 31.5. The van der Waals surface area contributed by atoms with Crippen molar-refractivity contribution < 1.29 is 19.1 Å². The van der Waals surface area contributed by atoms with Crippen LogP contribution in [-0.2, 0) is 9.53 Å². The van der Waals surface area contributed by atoms with Crippen LogP contribution in [0.3, 0.4) is 0 Å². The van der Waals surface area contributed by atoms with E-state index in [0.29, 0.717) is 10.6 Å². The Kier molecular flexibility index (Phi) is 8.20. The minimum atomic E-state index is -0.577. The highest BCUT2D eigenvalue weighted by molar-refractivity contribution is 7.17. The lowest BCUT2D eigenvalue weighted by Gasteiger charge is -2.13. The summed E-state index contributed by atoms with van der Waals surface area (Å²) in [5.74, 6) is -1.22. The zero-order valence-corrected chi connectivity index (χ0v) is 21.1. The van der Waals surface area contributed by atoms with Gasteiger partial charge in [0.05, 0.1) is 22.2 Å². The molecular weight excluding hydrogens is 540 g/mol. The quantitative estimate of drug-likeness (QED) is 0.192. The van der Waals surface area contributed by atoms with Gasteiger partial charge in [-0.3, -0.25) is 4.79 Å². The first-order valence-corrected chi connectivity index (χ1v) is 11.6. The standard InChI is InChI=1S/C21H14Cl5NO4S/c1-9-12(10-6-4-3-5-7-10)13(21(29)30-2)20(32-9)27-11(28)8-31-19-17(25)15(23)14(22)16(24)18(19)26/h3-7H,8H2,1-2H3,(H,27,28). The molecule has 0 atom stereocenters. The fourth-order valence-corrected chi connectivity index (χ4v) is 5.20. The van der Waals surface area contributed by atoms with Crippen LogP contribution in [0, 0.1) is 6.92 Å². The van der Waals surface area contributed by atoms with E-state index in [-0.39, 0.29) is 36.4 Å². The third kappa shape index (κ3) is 4.96. The van der Waals surface area contributed by atoms with Crippen molar-refractivity contribution >= 4 is 86.2 Å². The van der Waals surface area contributed by atoms with Crippen LogP contribution in [0.15, 0.2) is 30.3 Å². The highest BCUT2D eigenvalue weighted by atomic mass is 35.5. The van der Waals surface area contributed by atoms with Crippen molar-refractivity contribution in [2.24, 2.45) is 0 Å². The summed E-state index contributed by atoms with van der Waals surface area (Å²) in [6.45, 7) is 1.37. The molecule has 0 fully saturated rings. The van der Waals surface area contributed by atoms with Gasteiger partial charge in [0.1, 0.15) is 20.6 Å². The molecule has 1 heterocycles. The first kappa shape index (κ1) is 25.0. The first-order valence-electron chi connectivity index (χ1n) is 8.88. The van der Waals surface area contributed by atoms with E-state index < -0.39 is 18.5 Å². The summed E-state index contributed by atoms with van der Waals surface area (Å²) in [7, 11) is 1.27. The van der Waals surface area contributed by atoms with Crippen molar-refractivity contribution in [2.45, 2.75) is 6.92 Å². The Morgan fingerprint density at radius 1 is 0.938 bits per heavy atom. The van der Waals surface area contributed by atoms with Gasteiger partial charge in [-0.2, -0.15) is 0 Å². The van der Waals surface area contributed by atoms with Crippen molar-refractivity contribution in [2.75, 3.05) is 19.0 Å². The summed E-state index contributed by atoms with van der Waals surface area (Å²) in [6.07, 6.45) is 0.